The Hall–Kier alpha value is -2.83. The highest BCUT2D eigenvalue weighted by Gasteiger charge is 2.08. The minimum atomic E-state index is -1.12. The van der Waals surface area contributed by atoms with E-state index in [1.54, 1.807) is 0 Å². The number of hydrogen-bond donors (Lipinski definition) is 2. The van der Waals surface area contributed by atoms with Crippen LogP contribution in [-0.4, -0.2) is 31.9 Å². The normalized spacial score (nSPS) is 9.78. The van der Waals surface area contributed by atoms with Crippen molar-refractivity contribution in [1.29, 1.82) is 0 Å². The van der Waals surface area contributed by atoms with E-state index in [9.17, 15) is 9.59 Å². The summed E-state index contributed by atoms with van der Waals surface area (Å²) >= 11 is 0. The van der Waals surface area contributed by atoms with Gasteiger partial charge in [-0.25, -0.2) is 19.7 Å². The quantitative estimate of drug-likeness (QED) is 0.828. The third kappa shape index (κ3) is 2.64. The van der Waals surface area contributed by atoms with E-state index < -0.39 is 5.97 Å². The van der Waals surface area contributed by atoms with Gasteiger partial charge in [0.1, 0.15) is 12.0 Å². The summed E-state index contributed by atoms with van der Waals surface area (Å²) in [6.45, 7) is 0. The standard InChI is InChI=1S/C11H8N4O3/c16-10(7-3-12-6-13-4-7)15-8-1-2-9(11(17)18)14-5-8/h1-6H,(H,15,16)(H,17,18). The van der Waals surface area contributed by atoms with Crippen LogP contribution in [0.1, 0.15) is 20.8 Å². The summed E-state index contributed by atoms with van der Waals surface area (Å²) in [7, 11) is 0. The van der Waals surface area contributed by atoms with Crippen LogP contribution in [0.5, 0.6) is 0 Å². The van der Waals surface area contributed by atoms with Gasteiger partial charge in [-0.15, -0.1) is 0 Å². The van der Waals surface area contributed by atoms with Gasteiger partial charge >= 0.3 is 5.97 Å². The lowest BCUT2D eigenvalue weighted by atomic mass is 10.3. The second-order valence-corrected chi connectivity index (χ2v) is 3.32. The fourth-order valence-corrected chi connectivity index (χ4v) is 1.21. The van der Waals surface area contributed by atoms with Gasteiger partial charge in [0.15, 0.2) is 0 Å². The van der Waals surface area contributed by atoms with Crippen LogP contribution in [0.2, 0.25) is 0 Å². The highest BCUT2D eigenvalue weighted by molar-refractivity contribution is 6.03. The molecule has 0 saturated heterocycles. The van der Waals surface area contributed by atoms with Crippen LogP contribution in [0, 0.1) is 0 Å². The molecule has 0 aliphatic heterocycles. The van der Waals surface area contributed by atoms with Gasteiger partial charge in [-0.1, -0.05) is 0 Å². The van der Waals surface area contributed by atoms with Crippen LogP contribution in [-0.2, 0) is 0 Å². The zero-order valence-corrected chi connectivity index (χ0v) is 9.07. The van der Waals surface area contributed by atoms with Crippen molar-refractivity contribution in [3.8, 4) is 0 Å². The Kier molecular flexibility index (Phi) is 3.24. The van der Waals surface area contributed by atoms with Crippen LogP contribution in [0.3, 0.4) is 0 Å². The van der Waals surface area contributed by atoms with Gasteiger partial charge in [-0.2, -0.15) is 0 Å². The van der Waals surface area contributed by atoms with Crippen LogP contribution in [0.4, 0.5) is 5.69 Å². The largest absolute Gasteiger partial charge is 0.477 e. The maximum absolute atomic E-state index is 11.7. The van der Waals surface area contributed by atoms with Crippen molar-refractivity contribution in [1.82, 2.24) is 15.0 Å². The summed E-state index contributed by atoms with van der Waals surface area (Å²) in [5, 5.41) is 11.2. The van der Waals surface area contributed by atoms with Gasteiger partial charge in [0.25, 0.3) is 5.91 Å². The first-order valence-electron chi connectivity index (χ1n) is 4.92. The van der Waals surface area contributed by atoms with Crippen LogP contribution in [0.15, 0.2) is 37.1 Å². The zero-order valence-electron chi connectivity index (χ0n) is 9.07. The third-order valence-corrected chi connectivity index (χ3v) is 2.06. The minimum Gasteiger partial charge on any atom is -0.477 e. The maximum atomic E-state index is 11.7. The van der Waals surface area contributed by atoms with Crippen LogP contribution >= 0.6 is 0 Å². The Morgan fingerprint density at radius 1 is 1.11 bits per heavy atom. The summed E-state index contributed by atoms with van der Waals surface area (Å²) in [6, 6.07) is 2.76. The third-order valence-electron chi connectivity index (χ3n) is 2.06. The van der Waals surface area contributed by atoms with Crippen molar-refractivity contribution in [3.05, 3.63) is 48.3 Å². The molecule has 0 aliphatic carbocycles. The number of rotatable bonds is 3. The first kappa shape index (κ1) is 11.6. The van der Waals surface area contributed by atoms with Crippen molar-refractivity contribution < 1.29 is 14.7 Å². The van der Waals surface area contributed by atoms with E-state index in [2.05, 4.69) is 20.3 Å². The number of aromatic nitrogens is 3. The minimum absolute atomic E-state index is 0.0870. The highest BCUT2D eigenvalue weighted by atomic mass is 16.4. The molecule has 2 aromatic heterocycles. The van der Waals surface area contributed by atoms with Crippen molar-refractivity contribution in [2.45, 2.75) is 0 Å². The van der Waals surface area contributed by atoms with E-state index in [4.69, 9.17) is 5.11 Å². The van der Waals surface area contributed by atoms with E-state index in [1.807, 2.05) is 0 Å². The molecule has 0 unspecified atom stereocenters. The predicted octanol–water partition coefficient (Wildman–Crippen LogP) is 0.822. The second-order valence-electron chi connectivity index (χ2n) is 3.32. The molecule has 0 saturated carbocycles. The highest BCUT2D eigenvalue weighted by Crippen LogP contribution is 2.08. The summed E-state index contributed by atoms with van der Waals surface area (Å²) in [4.78, 5) is 33.4. The van der Waals surface area contributed by atoms with Crippen molar-refractivity contribution in [2.75, 3.05) is 5.32 Å². The number of carboxylic acids is 1. The summed E-state index contributed by atoms with van der Waals surface area (Å²) in [5.41, 5.74) is 0.615. The Morgan fingerprint density at radius 2 is 1.83 bits per heavy atom. The van der Waals surface area contributed by atoms with E-state index in [-0.39, 0.29) is 11.6 Å². The van der Waals surface area contributed by atoms with Crippen molar-refractivity contribution >= 4 is 17.6 Å². The molecule has 7 heteroatoms. The number of hydrogen-bond acceptors (Lipinski definition) is 5. The summed E-state index contributed by atoms with van der Waals surface area (Å²) < 4.78 is 0. The lowest BCUT2D eigenvalue weighted by Gasteiger charge is -2.04. The van der Waals surface area contributed by atoms with Gasteiger partial charge in [-0.05, 0) is 12.1 Å². The van der Waals surface area contributed by atoms with E-state index >= 15 is 0 Å². The number of amides is 1. The Balaban J connectivity index is 2.10. The Labute approximate surface area is 102 Å². The molecule has 7 nitrogen and oxygen atoms in total. The molecule has 90 valence electrons. The number of carbonyl (C=O) groups is 2. The topological polar surface area (TPSA) is 105 Å². The lowest BCUT2D eigenvalue weighted by Crippen LogP contribution is -2.13. The molecule has 18 heavy (non-hydrogen) atoms. The number of nitrogens with one attached hydrogen (secondary N) is 1. The molecule has 2 heterocycles. The number of nitrogens with zero attached hydrogens (tertiary/aromatic N) is 3. The van der Waals surface area contributed by atoms with E-state index in [0.717, 1.165) is 0 Å². The molecule has 0 aromatic carbocycles. The first-order chi connectivity index (χ1) is 8.66. The van der Waals surface area contributed by atoms with Gasteiger partial charge in [0.2, 0.25) is 0 Å². The first-order valence-corrected chi connectivity index (χ1v) is 4.92. The number of anilines is 1. The molecule has 0 fully saturated rings. The molecular weight excluding hydrogens is 236 g/mol. The van der Waals surface area contributed by atoms with E-state index in [1.165, 1.54) is 37.1 Å². The molecule has 0 aliphatic rings. The number of pyridine rings is 1. The Morgan fingerprint density at radius 3 is 2.39 bits per heavy atom. The molecule has 2 rings (SSSR count). The van der Waals surface area contributed by atoms with Crippen LogP contribution in [0.25, 0.3) is 0 Å². The zero-order chi connectivity index (χ0) is 13.0. The average molecular weight is 244 g/mol. The number of aromatic carboxylic acids is 1. The van der Waals surface area contributed by atoms with Gasteiger partial charge in [0, 0.05) is 12.4 Å². The molecule has 0 spiro atoms. The molecule has 2 aromatic rings. The second kappa shape index (κ2) is 5.00. The number of carbonyl (C=O) groups excluding carboxylic acids is 1. The fourth-order valence-electron chi connectivity index (χ4n) is 1.21. The molecule has 0 bridgehead atoms. The molecule has 0 radical (unpaired) electrons. The maximum Gasteiger partial charge on any atom is 0.354 e. The molecule has 1 amide bonds. The van der Waals surface area contributed by atoms with Gasteiger partial charge < -0.3 is 10.4 Å². The average Bonchev–Trinajstić information content (AvgIpc) is 2.40. The molecule has 0 atom stereocenters. The predicted molar refractivity (Wildman–Crippen MR) is 61.2 cm³/mol. The molecular formula is C11H8N4O3. The van der Waals surface area contributed by atoms with Gasteiger partial charge in [0.05, 0.1) is 17.4 Å². The Bertz CT molecular complexity index is 569. The van der Waals surface area contributed by atoms with Crippen molar-refractivity contribution in [3.63, 3.8) is 0 Å². The smallest absolute Gasteiger partial charge is 0.354 e. The van der Waals surface area contributed by atoms with Crippen LogP contribution < -0.4 is 5.32 Å². The summed E-state index contributed by atoms with van der Waals surface area (Å²) in [5.74, 6) is -1.51. The van der Waals surface area contributed by atoms with Crippen molar-refractivity contribution in [2.24, 2.45) is 0 Å². The number of carboxylic acid groups (broad SMARTS) is 1. The SMILES string of the molecule is O=C(Nc1ccc(C(=O)O)nc1)c1cncnc1. The monoisotopic (exact) mass is 244 g/mol. The fraction of sp³-hybridized carbons (Fsp3) is 0. The van der Waals surface area contributed by atoms with E-state index in [0.29, 0.717) is 11.3 Å². The molecule has 2 N–H and O–H groups in total. The van der Waals surface area contributed by atoms with Gasteiger partial charge in [-0.3, -0.25) is 4.79 Å². The summed E-state index contributed by atoms with van der Waals surface area (Å²) in [6.07, 6.45) is 5.34. The lowest BCUT2D eigenvalue weighted by molar-refractivity contribution is 0.0690.